The van der Waals surface area contributed by atoms with E-state index in [-0.39, 0.29) is 24.2 Å². The Balaban J connectivity index is 1.79. The highest BCUT2D eigenvalue weighted by Gasteiger charge is 2.15. The van der Waals surface area contributed by atoms with Crippen molar-refractivity contribution in [1.82, 2.24) is 10.5 Å². The zero-order chi connectivity index (χ0) is 13.7. The van der Waals surface area contributed by atoms with Gasteiger partial charge in [0.25, 0.3) is 0 Å². The van der Waals surface area contributed by atoms with Gasteiger partial charge in [0.2, 0.25) is 5.91 Å². The van der Waals surface area contributed by atoms with Crippen LogP contribution in [0.3, 0.4) is 0 Å². The molecule has 19 heavy (non-hydrogen) atoms. The summed E-state index contributed by atoms with van der Waals surface area (Å²) in [5.41, 5.74) is 0.578. The molecule has 0 saturated heterocycles. The van der Waals surface area contributed by atoms with Crippen molar-refractivity contribution in [3.63, 3.8) is 0 Å². The summed E-state index contributed by atoms with van der Waals surface area (Å²) in [5.74, 6) is -0.121. The van der Waals surface area contributed by atoms with Crippen LogP contribution in [0.4, 0.5) is 0 Å². The lowest BCUT2D eigenvalue weighted by Gasteiger charge is -2.11. The summed E-state index contributed by atoms with van der Waals surface area (Å²) in [6, 6.07) is 5.07. The first kappa shape index (κ1) is 13.5. The summed E-state index contributed by atoms with van der Waals surface area (Å²) >= 11 is 1.41. The lowest BCUT2D eigenvalue weighted by Crippen LogP contribution is -2.35. The van der Waals surface area contributed by atoms with Crippen molar-refractivity contribution in [2.24, 2.45) is 0 Å². The average molecular weight is 278 g/mol. The molecule has 0 aromatic carbocycles. The van der Waals surface area contributed by atoms with Crippen molar-refractivity contribution >= 4 is 23.0 Å². The number of Topliss-reactive ketones (excluding diaryl/α,β-unsaturated/α-hetero) is 1. The van der Waals surface area contributed by atoms with E-state index in [0.717, 1.165) is 4.88 Å². The Morgan fingerprint density at radius 1 is 1.47 bits per heavy atom. The van der Waals surface area contributed by atoms with E-state index in [1.807, 2.05) is 18.4 Å². The van der Waals surface area contributed by atoms with E-state index in [9.17, 15) is 9.59 Å². The van der Waals surface area contributed by atoms with Gasteiger partial charge in [-0.15, -0.1) is 11.3 Å². The van der Waals surface area contributed by atoms with Crippen LogP contribution in [-0.2, 0) is 11.2 Å². The third-order valence-corrected chi connectivity index (χ3v) is 3.44. The standard InChI is InChI=1S/C13H14N2O3S/c1-9(7-11(16)12-3-2-6-19-12)14-13(17)8-10-4-5-18-15-10/h2-6,9H,7-8H2,1H3,(H,14,17)/t9-/m0/s1. The number of rotatable bonds is 6. The van der Waals surface area contributed by atoms with E-state index in [0.29, 0.717) is 12.1 Å². The number of hydrogen-bond donors (Lipinski definition) is 1. The van der Waals surface area contributed by atoms with E-state index in [1.54, 1.807) is 12.1 Å². The largest absolute Gasteiger partial charge is 0.364 e. The van der Waals surface area contributed by atoms with E-state index >= 15 is 0 Å². The van der Waals surface area contributed by atoms with Crippen LogP contribution in [0.2, 0.25) is 0 Å². The van der Waals surface area contributed by atoms with Gasteiger partial charge in [0, 0.05) is 18.5 Å². The highest BCUT2D eigenvalue weighted by molar-refractivity contribution is 7.12. The molecule has 0 bridgehead atoms. The number of thiophene rings is 1. The van der Waals surface area contributed by atoms with Gasteiger partial charge in [-0.3, -0.25) is 9.59 Å². The Hall–Kier alpha value is -1.95. The predicted molar refractivity (Wildman–Crippen MR) is 71.1 cm³/mol. The molecule has 0 aliphatic carbocycles. The number of hydrogen-bond acceptors (Lipinski definition) is 5. The predicted octanol–water partition coefficient (Wildman–Crippen LogP) is 2.06. The van der Waals surface area contributed by atoms with Gasteiger partial charge < -0.3 is 9.84 Å². The van der Waals surface area contributed by atoms with Gasteiger partial charge in [0.1, 0.15) is 6.26 Å². The number of aromatic nitrogens is 1. The van der Waals surface area contributed by atoms with Crippen molar-refractivity contribution in [1.29, 1.82) is 0 Å². The molecule has 0 unspecified atom stereocenters. The fourth-order valence-electron chi connectivity index (χ4n) is 1.69. The first-order valence-corrected chi connectivity index (χ1v) is 6.78. The second-order valence-corrected chi connectivity index (χ2v) is 5.19. The number of nitrogens with one attached hydrogen (secondary N) is 1. The summed E-state index contributed by atoms with van der Waals surface area (Å²) in [6.45, 7) is 1.81. The van der Waals surface area contributed by atoms with Gasteiger partial charge in [-0.1, -0.05) is 11.2 Å². The van der Waals surface area contributed by atoms with Crippen molar-refractivity contribution in [2.45, 2.75) is 25.8 Å². The lowest BCUT2D eigenvalue weighted by atomic mass is 10.1. The molecule has 100 valence electrons. The molecule has 2 aromatic rings. The van der Waals surface area contributed by atoms with Crippen molar-refractivity contribution in [3.05, 3.63) is 40.4 Å². The Bertz CT molecular complexity index is 534. The van der Waals surface area contributed by atoms with Gasteiger partial charge in [-0.05, 0) is 18.4 Å². The average Bonchev–Trinajstić information content (AvgIpc) is 3.00. The third kappa shape index (κ3) is 4.03. The summed E-state index contributed by atoms with van der Waals surface area (Å²) in [7, 11) is 0. The molecule has 2 rings (SSSR count). The molecule has 0 fully saturated rings. The maximum absolute atomic E-state index is 11.8. The third-order valence-electron chi connectivity index (χ3n) is 2.53. The van der Waals surface area contributed by atoms with E-state index in [4.69, 9.17) is 0 Å². The maximum Gasteiger partial charge on any atom is 0.226 e. The Morgan fingerprint density at radius 2 is 2.32 bits per heavy atom. The second kappa shape index (κ2) is 6.29. The Kier molecular flexibility index (Phi) is 4.46. The summed E-state index contributed by atoms with van der Waals surface area (Å²) in [4.78, 5) is 24.3. The van der Waals surface area contributed by atoms with Crippen LogP contribution in [0.5, 0.6) is 0 Å². The second-order valence-electron chi connectivity index (χ2n) is 4.24. The van der Waals surface area contributed by atoms with E-state index in [2.05, 4.69) is 15.0 Å². The Labute approximate surface area is 114 Å². The summed E-state index contributed by atoms with van der Waals surface area (Å²) in [6.07, 6.45) is 1.88. The monoisotopic (exact) mass is 278 g/mol. The molecular weight excluding hydrogens is 264 g/mol. The van der Waals surface area contributed by atoms with E-state index in [1.165, 1.54) is 17.6 Å². The summed E-state index contributed by atoms with van der Waals surface area (Å²) in [5, 5.41) is 8.30. The number of amides is 1. The van der Waals surface area contributed by atoms with Crippen LogP contribution in [0.1, 0.15) is 28.7 Å². The lowest BCUT2D eigenvalue weighted by molar-refractivity contribution is -0.121. The number of nitrogens with zero attached hydrogens (tertiary/aromatic N) is 1. The van der Waals surface area contributed by atoms with Crippen LogP contribution in [0.25, 0.3) is 0 Å². The van der Waals surface area contributed by atoms with Crippen molar-refractivity contribution in [2.75, 3.05) is 0 Å². The summed E-state index contributed by atoms with van der Waals surface area (Å²) < 4.78 is 4.65. The minimum Gasteiger partial charge on any atom is -0.364 e. The van der Waals surface area contributed by atoms with Gasteiger partial charge in [-0.25, -0.2) is 0 Å². The Morgan fingerprint density at radius 3 is 2.95 bits per heavy atom. The fraction of sp³-hybridized carbons (Fsp3) is 0.308. The highest BCUT2D eigenvalue weighted by Crippen LogP contribution is 2.12. The smallest absolute Gasteiger partial charge is 0.226 e. The molecule has 0 aliphatic heterocycles. The molecule has 0 radical (unpaired) electrons. The molecular formula is C13H14N2O3S. The van der Waals surface area contributed by atoms with Crippen molar-refractivity contribution in [3.8, 4) is 0 Å². The number of carbonyl (C=O) groups excluding carboxylic acids is 2. The highest BCUT2D eigenvalue weighted by atomic mass is 32.1. The first-order valence-electron chi connectivity index (χ1n) is 5.90. The molecule has 6 heteroatoms. The van der Waals surface area contributed by atoms with Crippen molar-refractivity contribution < 1.29 is 14.1 Å². The number of carbonyl (C=O) groups is 2. The molecule has 0 saturated carbocycles. The SMILES string of the molecule is C[C@@H](CC(=O)c1cccs1)NC(=O)Cc1ccon1. The van der Waals surface area contributed by atoms with Crippen LogP contribution >= 0.6 is 11.3 Å². The van der Waals surface area contributed by atoms with Gasteiger partial charge in [-0.2, -0.15) is 0 Å². The molecule has 0 spiro atoms. The van der Waals surface area contributed by atoms with Crippen LogP contribution < -0.4 is 5.32 Å². The fourth-order valence-corrected chi connectivity index (χ4v) is 2.36. The van der Waals surface area contributed by atoms with Crippen LogP contribution in [-0.4, -0.2) is 22.9 Å². The molecule has 0 aliphatic rings. The molecule has 1 amide bonds. The maximum atomic E-state index is 11.8. The van der Waals surface area contributed by atoms with Crippen LogP contribution in [0, 0.1) is 0 Å². The molecule has 1 atom stereocenters. The zero-order valence-corrected chi connectivity index (χ0v) is 11.3. The van der Waals surface area contributed by atoms with Gasteiger partial charge >= 0.3 is 0 Å². The zero-order valence-electron chi connectivity index (χ0n) is 10.5. The molecule has 2 heterocycles. The first-order chi connectivity index (χ1) is 9.15. The molecule has 5 nitrogen and oxygen atoms in total. The van der Waals surface area contributed by atoms with E-state index < -0.39 is 0 Å². The normalized spacial score (nSPS) is 12.1. The van der Waals surface area contributed by atoms with Gasteiger partial charge in [0.05, 0.1) is 17.0 Å². The molecule has 2 aromatic heterocycles. The van der Waals surface area contributed by atoms with Gasteiger partial charge in [0.15, 0.2) is 5.78 Å². The topological polar surface area (TPSA) is 72.2 Å². The quantitative estimate of drug-likeness (QED) is 0.821. The minimum atomic E-state index is -0.200. The molecule has 1 N–H and O–H groups in total. The minimum absolute atomic E-state index is 0.0456. The number of ketones is 1. The van der Waals surface area contributed by atoms with Crippen LogP contribution in [0.15, 0.2) is 34.4 Å².